The summed E-state index contributed by atoms with van der Waals surface area (Å²) in [5.74, 6) is 2.42. The van der Waals surface area contributed by atoms with Crippen LogP contribution in [0.15, 0.2) is 6.20 Å². The Morgan fingerprint density at radius 3 is 2.40 bits per heavy atom. The van der Waals surface area contributed by atoms with Crippen LogP contribution in [-0.2, 0) is 7.05 Å². The van der Waals surface area contributed by atoms with Gasteiger partial charge in [0.15, 0.2) is 5.82 Å². The first-order valence-corrected chi connectivity index (χ1v) is 5.60. The Morgan fingerprint density at radius 1 is 1.33 bits per heavy atom. The molecule has 1 fully saturated rings. The summed E-state index contributed by atoms with van der Waals surface area (Å²) < 4.78 is 1.79. The van der Waals surface area contributed by atoms with Crippen LogP contribution in [0.25, 0.3) is 0 Å². The van der Waals surface area contributed by atoms with Crippen molar-refractivity contribution in [2.45, 2.75) is 20.3 Å². The van der Waals surface area contributed by atoms with Gasteiger partial charge in [-0.2, -0.15) is 5.10 Å². The van der Waals surface area contributed by atoms with Crippen molar-refractivity contribution in [2.75, 3.05) is 23.7 Å². The van der Waals surface area contributed by atoms with Gasteiger partial charge in [0.2, 0.25) is 0 Å². The zero-order valence-electron chi connectivity index (χ0n) is 9.77. The van der Waals surface area contributed by atoms with Gasteiger partial charge in [0, 0.05) is 26.3 Å². The zero-order valence-corrected chi connectivity index (χ0v) is 9.77. The standard InChI is InChI=1S/C11H20N4/c1-8-4-9(2)6-15(5-8)11-10(12)7-14(3)13-11/h7-9H,4-6,12H2,1-3H3. The van der Waals surface area contributed by atoms with E-state index in [2.05, 4.69) is 23.8 Å². The summed E-state index contributed by atoms with van der Waals surface area (Å²) in [5.41, 5.74) is 6.73. The Kier molecular flexibility index (Phi) is 2.59. The molecule has 0 spiro atoms. The first-order valence-electron chi connectivity index (χ1n) is 5.60. The third-order valence-electron chi connectivity index (χ3n) is 3.00. The van der Waals surface area contributed by atoms with Crippen LogP contribution in [0.5, 0.6) is 0 Å². The molecule has 2 heterocycles. The lowest BCUT2D eigenvalue weighted by molar-refractivity contribution is 0.355. The van der Waals surface area contributed by atoms with Gasteiger partial charge in [0.05, 0.1) is 5.69 Å². The fraction of sp³-hybridized carbons (Fsp3) is 0.727. The van der Waals surface area contributed by atoms with Gasteiger partial charge in [-0.3, -0.25) is 4.68 Å². The Labute approximate surface area is 91.1 Å². The van der Waals surface area contributed by atoms with E-state index in [9.17, 15) is 0 Å². The fourth-order valence-electron chi connectivity index (χ4n) is 2.58. The average Bonchev–Trinajstić information content (AvgIpc) is 2.43. The predicted molar refractivity (Wildman–Crippen MR) is 62.8 cm³/mol. The minimum absolute atomic E-state index is 0.732. The molecule has 4 nitrogen and oxygen atoms in total. The highest BCUT2D eigenvalue weighted by atomic mass is 15.3. The van der Waals surface area contributed by atoms with Gasteiger partial charge in [-0.1, -0.05) is 13.8 Å². The molecule has 1 saturated heterocycles. The number of nitrogens with zero attached hydrogens (tertiary/aromatic N) is 3. The molecule has 84 valence electrons. The van der Waals surface area contributed by atoms with Crippen LogP contribution >= 0.6 is 0 Å². The Bertz CT molecular complexity index is 334. The maximum absolute atomic E-state index is 5.94. The first kappa shape index (κ1) is 10.3. The minimum Gasteiger partial charge on any atom is -0.394 e. The molecular weight excluding hydrogens is 188 g/mol. The van der Waals surface area contributed by atoms with Crippen LogP contribution in [-0.4, -0.2) is 22.9 Å². The van der Waals surface area contributed by atoms with Gasteiger partial charge in [0.25, 0.3) is 0 Å². The van der Waals surface area contributed by atoms with E-state index in [4.69, 9.17) is 5.73 Å². The molecule has 0 saturated carbocycles. The summed E-state index contributed by atoms with van der Waals surface area (Å²) >= 11 is 0. The van der Waals surface area contributed by atoms with E-state index < -0.39 is 0 Å². The Morgan fingerprint density at radius 2 is 1.93 bits per heavy atom. The van der Waals surface area contributed by atoms with Gasteiger partial charge in [0.1, 0.15) is 0 Å². The molecule has 0 aliphatic carbocycles. The van der Waals surface area contributed by atoms with E-state index in [1.165, 1.54) is 6.42 Å². The fourth-order valence-corrected chi connectivity index (χ4v) is 2.58. The van der Waals surface area contributed by atoms with E-state index in [0.717, 1.165) is 36.4 Å². The summed E-state index contributed by atoms with van der Waals surface area (Å²) in [6.45, 7) is 6.74. The summed E-state index contributed by atoms with van der Waals surface area (Å²) in [4.78, 5) is 2.31. The third kappa shape index (κ3) is 2.08. The van der Waals surface area contributed by atoms with Gasteiger partial charge >= 0.3 is 0 Å². The number of hydrogen-bond acceptors (Lipinski definition) is 3. The van der Waals surface area contributed by atoms with E-state index >= 15 is 0 Å². The highest BCUT2D eigenvalue weighted by molar-refractivity contribution is 5.61. The molecule has 2 N–H and O–H groups in total. The molecule has 1 aliphatic rings. The van der Waals surface area contributed by atoms with Crippen molar-refractivity contribution in [3.05, 3.63) is 6.20 Å². The first-order chi connectivity index (χ1) is 7.06. The van der Waals surface area contributed by atoms with E-state index in [-0.39, 0.29) is 0 Å². The smallest absolute Gasteiger partial charge is 0.173 e. The molecule has 2 atom stereocenters. The van der Waals surface area contributed by atoms with Gasteiger partial charge < -0.3 is 10.6 Å². The number of piperidine rings is 1. The SMILES string of the molecule is CC1CC(C)CN(c2nn(C)cc2N)C1. The van der Waals surface area contributed by atoms with Crippen molar-refractivity contribution < 1.29 is 0 Å². The Hall–Kier alpha value is -1.19. The van der Waals surface area contributed by atoms with Gasteiger partial charge in [-0.15, -0.1) is 0 Å². The van der Waals surface area contributed by atoms with Crippen molar-refractivity contribution in [1.82, 2.24) is 9.78 Å². The summed E-state index contributed by atoms with van der Waals surface area (Å²) in [6.07, 6.45) is 3.18. The second kappa shape index (κ2) is 3.76. The second-order valence-electron chi connectivity index (χ2n) is 4.93. The van der Waals surface area contributed by atoms with E-state index in [0.29, 0.717) is 0 Å². The highest BCUT2D eigenvalue weighted by Crippen LogP contribution is 2.28. The second-order valence-corrected chi connectivity index (χ2v) is 4.93. The number of nitrogen functional groups attached to an aromatic ring is 1. The molecule has 0 bridgehead atoms. The molecular formula is C11H20N4. The lowest BCUT2D eigenvalue weighted by Gasteiger charge is -2.35. The summed E-state index contributed by atoms with van der Waals surface area (Å²) in [6, 6.07) is 0. The largest absolute Gasteiger partial charge is 0.394 e. The Balaban J connectivity index is 2.19. The van der Waals surface area contributed by atoms with Crippen LogP contribution in [0.1, 0.15) is 20.3 Å². The normalized spacial score (nSPS) is 27.0. The lowest BCUT2D eigenvalue weighted by Crippen LogP contribution is -2.39. The van der Waals surface area contributed by atoms with Crippen molar-refractivity contribution in [3.8, 4) is 0 Å². The van der Waals surface area contributed by atoms with Gasteiger partial charge in [-0.05, 0) is 18.3 Å². The summed E-state index contributed by atoms with van der Waals surface area (Å²) in [7, 11) is 1.91. The molecule has 0 aromatic carbocycles. The van der Waals surface area contributed by atoms with Crippen LogP contribution < -0.4 is 10.6 Å². The van der Waals surface area contributed by atoms with Gasteiger partial charge in [-0.25, -0.2) is 0 Å². The van der Waals surface area contributed by atoms with Crippen molar-refractivity contribution in [3.63, 3.8) is 0 Å². The third-order valence-corrected chi connectivity index (χ3v) is 3.00. The molecule has 4 heteroatoms. The number of aromatic nitrogens is 2. The van der Waals surface area contributed by atoms with Crippen LogP contribution in [0, 0.1) is 11.8 Å². The topological polar surface area (TPSA) is 47.1 Å². The number of hydrogen-bond donors (Lipinski definition) is 1. The van der Waals surface area contributed by atoms with Crippen LogP contribution in [0.3, 0.4) is 0 Å². The number of nitrogens with two attached hydrogens (primary N) is 1. The van der Waals surface area contributed by atoms with E-state index in [1.807, 2.05) is 13.2 Å². The molecule has 15 heavy (non-hydrogen) atoms. The molecule has 2 rings (SSSR count). The maximum Gasteiger partial charge on any atom is 0.173 e. The highest BCUT2D eigenvalue weighted by Gasteiger charge is 2.24. The van der Waals surface area contributed by atoms with Crippen molar-refractivity contribution >= 4 is 11.5 Å². The quantitative estimate of drug-likeness (QED) is 0.760. The van der Waals surface area contributed by atoms with Crippen molar-refractivity contribution in [2.24, 2.45) is 18.9 Å². The summed E-state index contributed by atoms with van der Waals surface area (Å²) in [5, 5.41) is 4.42. The zero-order chi connectivity index (χ0) is 11.0. The van der Waals surface area contributed by atoms with Crippen LogP contribution in [0.4, 0.5) is 11.5 Å². The minimum atomic E-state index is 0.732. The number of rotatable bonds is 1. The number of anilines is 2. The molecule has 2 unspecified atom stereocenters. The maximum atomic E-state index is 5.94. The molecule has 0 radical (unpaired) electrons. The molecule has 1 aromatic rings. The predicted octanol–water partition coefficient (Wildman–Crippen LogP) is 1.48. The lowest BCUT2D eigenvalue weighted by atomic mass is 9.92. The monoisotopic (exact) mass is 208 g/mol. The molecule has 0 amide bonds. The number of aryl methyl sites for hydroxylation is 1. The van der Waals surface area contributed by atoms with Crippen molar-refractivity contribution in [1.29, 1.82) is 0 Å². The molecule has 1 aromatic heterocycles. The average molecular weight is 208 g/mol. The van der Waals surface area contributed by atoms with Crippen LogP contribution in [0.2, 0.25) is 0 Å². The van der Waals surface area contributed by atoms with E-state index in [1.54, 1.807) is 4.68 Å². The molecule has 1 aliphatic heterocycles.